The Kier molecular flexibility index (Phi) is 16.6. The van der Waals surface area contributed by atoms with Crippen LogP contribution in [0.15, 0.2) is 11.1 Å². The van der Waals surface area contributed by atoms with Gasteiger partial charge in [-0.2, -0.15) is 0 Å². The molecule has 0 aromatic heterocycles. The van der Waals surface area contributed by atoms with Crippen molar-refractivity contribution in [1.29, 1.82) is 0 Å². The molecule has 0 saturated heterocycles. The second-order valence-electron chi connectivity index (χ2n) is 0.459. The minimum atomic E-state index is 0. The van der Waals surface area contributed by atoms with E-state index in [-0.39, 0.29) is 23.1 Å². The van der Waals surface area contributed by atoms with Crippen LogP contribution < -0.4 is 0 Å². The van der Waals surface area contributed by atoms with Crippen molar-refractivity contribution in [2.45, 2.75) is 6.92 Å². The van der Waals surface area contributed by atoms with Gasteiger partial charge in [0.05, 0.1) is 0 Å². The maximum absolute atomic E-state index is 3.07. The summed E-state index contributed by atoms with van der Waals surface area (Å²) in [6.07, 6.45) is 1.92. The molecule has 28 valence electrons. The molecule has 0 atom stereocenters. The first-order valence-corrected chi connectivity index (χ1v) is 2.04. The Hall–Kier alpha value is 0.986. The third kappa shape index (κ3) is 11.3. The molecule has 0 aliphatic heterocycles. The minimum absolute atomic E-state index is 0. The third-order valence-electron chi connectivity index (χ3n) is 0.126. The van der Waals surface area contributed by atoms with Crippen molar-refractivity contribution in [3.63, 3.8) is 0 Å². The summed E-state index contributed by atoms with van der Waals surface area (Å²) in [7, 11) is 0. The average Bonchev–Trinajstić information content (AvgIpc) is 1.37. The van der Waals surface area contributed by atoms with Crippen molar-refractivity contribution in [3.8, 4) is 0 Å². The second-order valence-corrected chi connectivity index (χ2v) is 0.988. The van der Waals surface area contributed by atoms with E-state index in [0.717, 1.165) is 0 Å². The minimum Gasteiger partial charge on any atom is -0.0807 e. The van der Waals surface area contributed by atoms with Crippen molar-refractivity contribution in [1.82, 2.24) is 0 Å². The van der Waals surface area contributed by atoms with Gasteiger partial charge >= 0.3 is 23.1 Å². The average molecular weight is 147 g/mol. The van der Waals surface area contributed by atoms with Crippen molar-refractivity contribution in [2.24, 2.45) is 0 Å². The van der Waals surface area contributed by atoms with E-state index in [2.05, 4.69) is 15.9 Å². The fraction of sp³-hybridized carbons (Fsp3) is 0.333. The lowest BCUT2D eigenvalue weighted by Crippen LogP contribution is -1.19. The Morgan fingerprint density at radius 3 is 1.80 bits per heavy atom. The number of allylic oxidation sites excluding steroid dienone is 1. The molecule has 0 rings (SSSR count). The van der Waals surface area contributed by atoms with Crippen LogP contribution in [-0.4, -0.2) is 23.1 Å². The van der Waals surface area contributed by atoms with Gasteiger partial charge in [-0.1, -0.05) is 22.0 Å². The fourth-order valence-corrected chi connectivity index (χ4v) is 0. The zero-order valence-corrected chi connectivity index (χ0v) is 4.12. The van der Waals surface area contributed by atoms with Gasteiger partial charge in [-0.15, -0.1) is 0 Å². The van der Waals surface area contributed by atoms with Gasteiger partial charge in [-0.05, 0) is 11.9 Å². The maximum atomic E-state index is 3.07. The number of halogens is 1. The topological polar surface area (TPSA) is 0 Å². The highest BCUT2D eigenvalue weighted by Crippen LogP contribution is 1.76. The van der Waals surface area contributed by atoms with E-state index in [9.17, 15) is 0 Å². The standard InChI is InChI=1S/C3H5Br.Mg.2H/c1-2-3-4;;;/h2-3H,1H3;;;/b3-2+;;;. The van der Waals surface area contributed by atoms with Crippen molar-refractivity contribution in [2.75, 3.05) is 0 Å². The molecule has 0 heterocycles. The Morgan fingerprint density at radius 1 is 1.60 bits per heavy atom. The Labute approximate surface area is 56.9 Å². The largest absolute Gasteiger partial charge is 0.316 e. The SMILES string of the molecule is C/C=C/Br.[MgH2]. The van der Waals surface area contributed by atoms with Gasteiger partial charge in [-0.3, -0.25) is 0 Å². The van der Waals surface area contributed by atoms with Crippen molar-refractivity contribution >= 4 is 39.0 Å². The van der Waals surface area contributed by atoms with Crippen LogP contribution in [0.2, 0.25) is 0 Å². The molecule has 0 nitrogen and oxygen atoms in total. The second kappa shape index (κ2) is 8.88. The van der Waals surface area contributed by atoms with Crippen molar-refractivity contribution in [3.05, 3.63) is 11.1 Å². The zero-order valence-electron chi connectivity index (χ0n) is 2.53. The predicted octanol–water partition coefficient (Wildman–Crippen LogP) is 0.999. The summed E-state index contributed by atoms with van der Waals surface area (Å²) in [5.41, 5.74) is 0. The summed E-state index contributed by atoms with van der Waals surface area (Å²) in [4.78, 5) is 1.81. The molecule has 0 amide bonds. The van der Waals surface area contributed by atoms with E-state index in [1.807, 2.05) is 18.0 Å². The summed E-state index contributed by atoms with van der Waals surface area (Å²) in [5.74, 6) is 0. The first-order chi connectivity index (χ1) is 1.91. The summed E-state index contributed by atoms with van der Waals surface area (Å²) in [6, 6.07) is 0. The highest BCUT2D eigenvalue weighted by atomic mass is 79.9. The number of rotatable bonds is 0. The molecule has 0 aliphatic carbocycles. The van der Waals surface area contributed by atoms with E-state index >= 15 is 0 Å². The fourth-order valence-electron chi connectivity index (χ4n) is 0. The summed E-state index contributed by atoms with van der Waals surface area (Å²) in [6.45, 7) is 1.95. The van der Waals surface area contributed by atoms with E-state index in [4.69, 9.17) is 0 Å². The van der Waals surface area contributed by atoms with E-state index in [1.165, 1.54) is 0 Å². The molecular weight excluding hydrogens is 140 g/mol. The van der Waals surface area contributed by atoms with Crippen LogP contribution in [0.5, 0.6) is 0 Å². The molecule has 0 N–H and O–H groups in total. The van der Waals surface area contributed by atoms with Crippen LogP contribution in [0.3, 0.4) is 0 Å². The van der Waals surface area contributed by atoms with Gasteiger partial charge in [0.2, 0.25) is 0 Å². The summed E-state index contributed by atoms with van der Waals surface area (Å²) in [5, 5.41) is 0. The maximum Gasteiger partial charge on any atom is 0.316 e. The molecule has 0 saturated carbocycles. The molecule has 2 heteroatoms. The predicted molar refractivity (Wildman–Crippen MR) is 32.3 cm³/mol. The molecule has 0 radical (unpaired) electrons. The Morgan fingerprint density at radius 2 is 1.80 bits per heavy atom. The molecule has 0 fully saturated rings. The summed E-state index contributed by atoms with van der Waals surface area (Å²) < 4.78 is 0. The van der Waals surface area contributed by atoms with Crippen LogP contribution >= 0.6 is 15.9 Å². The first-order valence-electron chi connectivity index (χ1n) is 1.13. The van der Waals surface area contributed by atoms with E-state index < -0.39 is 0 Å². The Bertz CT molecular complexity index is 22.1. The first kappa shape index (κ1) is 9.37. The quantitative estimate of drug-likeness (QED) is 0.448. The molecular formula is C3H7BrMg. The van der Waals surface area contributed by atoms with Gasteiger partial charge in [0, 0.05) is 0 Å². The molecule has 0 aromatic rings. The Balaban J connectivity index is 0. The summed E-state index contributed by atoms with van der Waals surface area (Å²) >= 11 is 3.07. The van der Waals surface area contributed by atoms with Crippen LogP contribution in [0, 0.1) is 0 Å². The third-order valence-corrected chi connectivity index (χ3v) is 0.655. The lowest BCUT2D eigenvalue weighted by Gasteiger charge is -1.47. The van der Waals surface area contributed by atoms with Crippen molar-refractivity contribution < 1.29 is 0 Å². The molecule has 0 spiro atoms. The molecule has 0 aromatic carbocycles. The highest BCUT2D eigenvalue weighted by Gasteiger charge is 1.36. The lowest BCUT2D eigenvalue weighted by atomic mass is 10.8. The highest BCUT2D eigenvalue weighted by molar-refractivity contribution is 9.11. The van der Waals surface area contributed by atoms with Gasteiger partial charge in [0.15, 0.2) is 0 Å². The lowest BCUT2D eigenvalue weighted by molar-refractivity contribution is 1.79. The smallest absolute Gasteiger partial charge is 0.0807 e. The van der Waals surface area contributed by atoms with Crippen LogP contribution in [-0.2, 0) is 0 Å². The normalized spacial score (nSPS) is 7.60. The molecule has 0 unspecified atom stereocenters. The van der Waals surface area contributed by atoms with Gasteiger partial charge in [-0.25, -0.2) is 0 Å². The van der Waals surface area contributed by atoms with Crippen LogP contribution in [0.1, 0.15) is 6.92 Å². The monoisotopic (exact) mass is 146 g/mol. The van der Waals surface area contributed by atoms with Gasteiger partial charge in [0.1, 0.15) is 0 Å². The number of hydrogen-bond donors (Lipinski definition) is 0. The molecule has 0 aliphatic rings. The van der Waals surface area contributed by atoms with Gasteiger partial charge in [0.25, 0.3) is 0 Å². The van der Waals surface area contributed by atoms with E-state index in [1.54, 1.807) is 0 Å². The van der Waals surface area contributed by atoms with Crippen LogP contribution in [0.4, 0.5) is 0 Å². The number of hydrogen-bond acceptors (Lipinski definition) is 0. The molecule has 5 heavy (non-hydrogen) atoms. The zero-order chi connectivity index (χ0) is 3.41. The van der Waals surface area contributed by atoms with E-state index in [0.29, 0.717) is 0 Å². The van der Waals surface area contributed by atoms with Gasteiger partial charge < -0.3 is 0 Å². The molecule has 0 bridgehead atoms. The van der Waals surface area contributed by atoms with Crippen LogP contribution in [0.25, 0.3) is 0 Å².